The van der Waals surface area contributed by atoms with E-state index >= 15 is 0 Å². The third-order valence-corrected chi connectivity index (χ3v) is 2.68. The van der Waals surface area contributed by atoms with Crippen LogP contribution in [0.25, 0.3) is 0 Å². The lowest BCUT2D eigenvalue weighted by Crippen LogP contribution is -2.11. The van der Waals surface area contributed by atoms with Crippen molar-refractivity contribution < 1.29 is 0 Å². The molecule has 0 unspecified atom stereocenters. The van der Waals surface area contributed by atoms with Gasteiger partial charge in [0.1, 0.15) is 17.5 Å². The number of nitrogens with one attached hydrogen (secondary N) is 2. The van der Waals surface area contributed by atoms with Crippen LogP contribution in [0, 0.1) is 6.92 Å². The van der Waals surface area contributed by atoms with Crippen LogP contribution in [-0.2, 0) is 6.42 Å². The first-order valence-electron chi connectivity index (χ1n) is 6.58. The zero-order valence-electron chi connectivity index (χ0n) is 11.4. The predicted octanol–water partition coefficient (Wildman–Crippen LogP) is 2.99. The first-order valence-corrected chi connectivity index (χ1v) is 6.58. The van der Waals surface area contributed by atoms with E-state index in [0.29, 0.717) is 0 Å². The summed E-state index contributed by atoms with van der Waals surface area (Å²) in [5.74, 6) is 2.82. The van der Waals surface area contributed by atoms with Crippen LogP contribution in [-0.4, -0.2) is 23.1 Å². The van der Waals surface area contributed by atoms with Crippen LogP contribution in [0.1, 0.15) is 45.0 Å². The van der Waals surface area contributed by atoms with Crippen LogP contribution in [0.2, 0.25) is 0 Å². The van der Waals surface area contributed by atoms with E-state index in [1.54, 1.807) is 0 Å². The zero-order valence-corrected chi connectivity index (χ0v) is 11.4. The molecule has 2 N–H and O–H groups in total. The Morgan fingerprint density at radius 2 is 1.65 bits per heavy atom. The van der Waals surface area contributed by atoms with Gasteiger partial charge in [-0.2, -0.15) is 0 Å². The van der Waals surface area contributed by atoms with Gasteiger partial charge in [0.2, 0.25) is 0 Å². The van der Waals surface area contributed by atoms with Gasteiger partial charge >= 0.3 is 0 Å². The minimum atomic E-state index is 0.862. The van der Waals surface area contributed by atoms with E-state index < -0.39 is 0 Å². The normalized spacial score (nSPS) is 10.4. The Morgan fingerprint density at radius 3 is 2.18 bits per heavy atom. The lowest BCUT2D eigenvalue weighted by Gasteiger charge is -2.13. The minimum Gasteiger partial charge on any atom is -0.370 e. The highest BCUT2D eigenvalue weighted by molar-refractivity contribution is 5.57. The molecule has 4 nitrogen and oxygen atoms in total. The molecule has 0 saturated carbocycles. The molecule has 1 rings (SSSR count). The molecular formula is C13H24N4. The highest BCUT2D eigenvalue weighted by Gasteiger charge is 2.08. The summed E-state index contributed by atoms with van der Waals surface area (Å²) in [6, 6.07) is 0. The van der Waals surface area contributed by atoms with Gasteiger partial charge in [-0.1, -0.05) is 20.3 Å². The maximum Gasteiger partial charge on any atom is 0.134 e. The SMILES string of the molecule is CCCCNc1nc(CC)nc(NCC)c1C. The summed E-state index contributed by atoms with van der Waals surface area (Å²) in [6.45, 7) is 10.3. The van der Waals surface area contributed by atoms with Gasteiger partial charge in [-0.3, -0.25) is 0 Å². The van der Waals surface area contributed by atoms with Crippen molar-refractivity contribution in [1.82, 2.24) is 9.97 Å². The summed E-state index contributed by atoms with van der Waals surface area (Å²) < 4.78 is 0. The Hall–Kier alpha value is -1.32. The van der Waals surface area contributed by atoms with E-state index in [1.807, 2.05) is 0 Å². The van der Waals surface area contributed by atoms with Crippen molar-refractivity contribution in [3.63, 3.8) is 0 Å². The van der Waals surface area contributed by atoms with E-state index in [2.05, 4.69) is 48.3 Å². The van der Waals surface area contributed by atoms with Crippen LogP contribution in [0.5, 0.6) is 0 Å². The summed E-state index contributed by atoms with van der Waals surface area (Å²) >= 11 is 0. The lowest BCUT2D eigenvalue weighted by atomic mass is 10.2. The molecule has 0 atom stereocenters. The molecule has 0 aliphatic heterocycles. The molecule has 0 spiro atoms. The van der Waals surface area contributed by atoms with Gasteiger partial charge in [-0.15, -0.1) is 0 Å². The fraction of sp³-hybridized carbons (Fsp3) is 0.692. The molecule has 1 aromatic rings. The molecule has 4 heteroatoms. The maximum atomic E-state index is 4.54. The molecule has 17 heavy (non-hydrogen) atoms. The van der Waals surface area contributed by atoms with E-state index in [1.165, 1.54) is 12.8 Å². The number of unbranched alkanes of at least 4 members (excludes halogenated alkanes) is 1. The third kappa shape index (κ3) is 3.88. The second kappa shape index (κ2) is 7.09. The monoisotopic (exact) mass is 236 g/mol. The van der Waals surface area contributed by atoms with E-state index in [-0.39, 0.29) is 0 Å². The molecule has 0 aliphatic carbocycles. The Morgan fingerprint density at radius 1 is 1.00 bits per heavy atom. The van der Waals surface area contributed by atoms with Gasteiger partial charge in [0.05, 0.1) is 0 Å². The molecule has 0 saturated heterocycles. The van der Waals surface area contributed by atoms with Crippen LogP contribution in [0.3, 0.4) is 0 Å². The lowest BCUT2D eigenvalue weighted by molar-refractivity contribution is 0.824. The van der Waals surface area contributed by atoms with Gasteiger partial charge in [-0.25, -0.2) is 9.97 Å². The van der Waals surface area contributed by atoms with Gasteiger partial charge < -0.3 is 10.6 Å². The number of anilines is 2. The van der Waals surface area contributed by atoms with Gasteiger partial charge in [0.25, 0.3) is 0 Å². The molecule has 96 valence electrons. The van der Waals surface area contributed by atoms with Crippen LogP contribution >= 0.6 is 0 Å². The fourth-order valence-electron chi connectivity index (χ4n) is 1.62. The number of rotatable bonds is 7. The molecule has 0 fully saturated rings. The van der Waals surface area contributed by atoms with E-state index in [9.17, 15) is 0 Å². The first-order chi connectivity index (χ1) is 8.22. The van der Waals surface area contributed by atoms with Crippen molar-refractivity contribution in [3.8, 4) is 0 Å². The summed E-state index contributed by atoms with van der Waals surface area (Å²) in [5.41, 5.74) is 1.11. The smallest absolute Gasteiger partial charge is 0.134 e. The van der Waals surface area contributed by atoms with Crippen molar-refractivity contribution in [3.05, 3.63) is 11.4 Å². The Labute approximate surface area is 104 Å². The third-order valence-electron chi connectivity index (χ3n) is 2.68. The van der Waals surface area contributed by atoms with Crippen molar-refractivity contribution in [2.45, 2.75) is 47.0 Å². The second-order valence-electron chi connectivity index (χ2n) is 4.13. The summed E-state index contributed by atoms with van der Waals surface area (Å²) in [4.78, 5) is 9.05. The highest BCUT2D eigenvalue weighted by atomic mass is 15.1. The second-order valence-corrected chi connectivity index (χ2v) is 4.13. The Kier molecular flexibility index (Phi) is 5.73. The van der Waals surface area contributed by atoms with E-state index in [4.69, 9.17) is 0 Å². The highest BCUT2D eigenvalue weighted by Crippen LogP contribution is 2.20. The van der Waals surface area contributed by atoms with Crippen molar-refractivity contribution in [2.24, 2.45) is 0 Å². The summed E-state index contributed by atoms with van der Waals surface area (Å²) in [5, 5.41) is 6.69. The van der Waals surface area contributed by atoms with Crippen molar-refractivity contribution in [1.29, 1.82) is 0 Å². The first kappa shape index (κ1) is 13.7. The standard InChI is InChI=1S/C13H24N4/c1-5-8-9-15-13-10(4)12(14-7-3)16-11(6-2)17-13/h5-9H2,1-4H3,(H2,14,15,16,17). The Bertz CT molecular complexity index is 350. The largest absolute Gasteiger partial charge is 0.370 e. The van der Waals surface area contributed by atoms with Gasteiger partial charge in [0.15, 0.2) is 0 Å². The molecule has 0 amide bonds. The number of hydrogen-bond acceptors (Lipinski definition) is 4. The van der Waals surface area contributed by atoms with Gasteiger partial charge in [-0.05, 0) is 20.3 Å². The average molecular weight is 236 g/mol. The molecule has 0 aliphatic rings. The predicted molar refractivity (Wildman–Crippen MR) is 73.7 cm³/mol. The fourth-order valence-corrected chi connectivity index (χ4v) is 1.62. The molecular weight excluding hydrogens is 212 g/mol. The average Bonchev–Trinajstić information content (AvgIpc) is 2.34. The number of aryl methyl sites for hydroxylation is 1. The molecule has 0 radical (unpaired) electrons. The van der Waals surface area contributed by atoms with Gasteiger partial charge in [0, 0.05) is 25.1 Å². The molecule has 1 heterocycles. The van der Waals surface area contributed by atoms with Crippen molar-refractivity contribution in [2.75, 3.05) is 23.7 Å². The Balaban J connectivity index is 2.89. The molecule has 0 bridgehead atoms. The van der Waals surface area contributed by atoms with Crippen molar-refractivity contribution >= 4 is 11.6 Å². The van der Waals surface area contributed by atoms with Crippen LogP contribution < -0.4 is 10.6 Å². The minimum absolute atomic E-state index is 0.862. The maximum absolute atomic E-state index is 4.54. The topological polar surface area (TPSA) is 49.8 Å². The van der Waals surface area contributed by atoms with Crippen LogP contribution in [0.4, 0.5) is 11.6 Å². The number of nitrogens with zero attached hydrogens (tertiary/aromatic N) is 2. The number of hydrogen-bond donors (Lipinski definition) is 2. The van der Waals surface area contributed by atoms with E-state index in [0.717, 1.165) is 42.5 Å². The molecule has 0 aromatic carbocycles. The quantitative estimate of drug-likeness (QED) is 0.715. The van der Waals surface area contributed by atoms with Crippen LogP contribution in [0.15, 0.2) is 0 Å². The number of aromatic nitrogens is 2. The summed E-state index contributed by atoms with van der Waals surface area (Å²) in [6.07, 6.45) is 3.22. The summed E-state index contributed by atoms with van der Waals surface area (Å²) in [7, 11) is 0. The zero-order chi connectivity index (χ0) is 12.7. The molecule has 1 aromatic heterocycles.